The largest absolute Gasteiger partial charge is 0.497 e. The second-order valence-corrected chi connectivity index (χ2v) is 8.51. The van der Waals surface area contributed by atoms with E-state index in [0.29, 0.717) is 33.0 Å². The van der Waals surface area contributed by atoms with Gasteiger partial charge in [-0.3, -0.25) is 19.8 Å². The Morgan fingerprint density at radius 3 is 2.35 bits per heavy atom. The highest BCUT2D eigenvalue weighted by molar-refractivity contribution is 9.10. The Morgan fingerprint density at radius 2 is 1.65 bits per heavy atom. The second kappa shape index (κ2) is 9.98. The van der Waals surface area contributed by atoms with Gasteiger partial charge in [0.15, 0.2) is 0 Å². The molecule has 10 heteroatoms. The van der Waals surface area contributed by atoms with E-state index in [0.717, 1.165) is 4.47 Å². The summed E-state index contributed by atoms with van der Waals surface area (Å²) in [5.41, 5.74) is 4.07. The lowest BCUT2D eigenvalue weighted by Gasteiger charge is -2.13. The van der Waals surface area contributed by atoms with Crippen LogP contribution < -0.4 is 20.8 Å². The molecule has 0 radical (unpaired) electrons. The van der Waals surface area contributed by atoms with Crippen molar-refractivity contribution in [2.45, 2.75) is 0 Å². The van der Waals surface area contributed by atoms with Crippen molar-refractivity contribution in [3.8, 4) is 5.75 Å². The zero-order valence-corrected chi connectivity index (χ0v) is 20.1. The fourth-order valence-electron chi connectivity index (χ4n) is 3.25. The maximum Gasteiger partial charge on any atom is 0.328 e. The number of fused-ring (bicyclic) bond motifs is 1. The summed E-state index contributed by atoms with van der Waals surface area (Å²) in [7, 11) is 1.53. The van der Waals surface area contributed by atoms with Crippen LogP contribution in [0.4, 0.5) is 11.4 Å². The predicted octanol–water partition coefficient (Wildman–Crippen LogP) is 5.03. The Morgan fingerprint density at radius 1 is 0.882 bits per heavy atom. The molecule has 1 aromatic heterocycles. The molecule has 0 aliphatic heterocycles. The number of carbonyl (C=O) groups is 3. The minimum Gasteiger partial charge on any atom is -0.497 e. The van der Waals surface area contributed by atoms with Gasteiger partial charge in [-0.05, 0) is 66.7 Å². The van der Waals surface area contributed by atoms with Crippen molar-refractivity contribution in [3.05, 3.63) is 88.0 Å². The van der Waals surface area contributed by atoms with Crippen LogP contribution in [0.25, 0.3) is 10.9 Å². The SMILES string of the molecule is COc1ccc(NC(=O)C(=O)Nn2c(C(=O)Nc3cccc(Cl)c3)cc3cc(Br)ccc32)cc1. The number of rotatable bonds is 5. The first-order valence-electron chi connectivity index (χ1n) is 9.98. The van der Waals surface area contributed by atoms with Gasteiger partial charge in [0, 0.05) is 26.3 Å². The molecule has 0 saturated heterocycles. The van der Waals surface area contributed by atoms with Gasteiger partial charge in [-0.15, -0.1) is 0 Å². The summed E-state index contributed by atoms with van der Waals surface area (Å²) in [5.74, 6) is -1.73. The number of methoxy groups -OCH3 is 1. The van der Waals surface area contributed by atoms with Crippen LogP contribution in [0.1, 0.15) is 10.5 Å². The first-order chi connectivity index (χ1) is 16.3. The Labute approximate surface area is 207 Å². The monoisotopic (exact) mass is 540 g/mol. The van der Waals surface area contributed by atoms with Crippen LogP contribution in [-0.2, 0) is 9.59 Å². The summed E-state index contributed by atoms with van der Waals surface area (Å²) in [6.45, 7) is 0. The van der Waals surface area contributed by atoms with E-state index < -0.39 is 17.7 Å². The molecule has 4 rings (SSSR count). The number of nitrogens with zero attached hydrogens (tertiary/aromatic N) is 1. The van der Waals surface area contributed by atoms with Crippen LogP contribution in [0.3, 0.4) is 0 Å². The fraction of sp³-hybridized carbons (Fsp3) is 0.0417. The topological polar surface area (TPSA) is 101 Å². The van der Waals surface area contributed by atoms with E-state index in [2.05, 4.69) is 32.0 Å². The summed E-state index contributed by atoms with van der Waals surface area (Å²) >= 11 is 9.41. The Bertz CT molecular complexity index is 1400. The van der Waals surface area contributed by atoms with Gasteiger partial charge in [-0.1, -0.05) is 33.6 Å². The average Bonchev–Trinajstić information content (AvgIpc) is 3.17. The molecular formula is C24H18BrClN4O4. The van der Waals surface area contributed by atoms with Crippen molar-refractivity contribution in [1.29, 1.82) is 0 Å². The van der Waals surface area contributed by atoms with Crippen molar-refractivity contribution in [2.24, 2.45) is 0 Å². The molecule has 0 saturated carbocycles. The van der Waals surface area contributed by atoms with E-state index >= 15 is 0 Å². The number of nitrogens with one attached hydrogen (secondary N) is 3. The predicted molar refractivity (Wildman–Crippen MR) is 135 cm³/mol. The molecule has 0 unspecified atom stereocenters. The molecule has 4 aromatic rings. The average molecular weight is 542 g/mol. The van der Waals surface area contributed by atoms with Crippen LogP contribution in [0, 0.1) is 0 Å². The van der Waals surface area contributed by atoms with Crippen molar-refractivity contribution in [1.82, 2.24) is 4.68 Å². The molecule has 3 amide bonds. The van der Waals surface area contributed by atoms with Crippen LogP contribution in [0.15, 0.2) is 77.3 Å². The quantitative estimate of drug-likeness (QED) is 0.309. The van der Waals surface area contributed by atoms with E-state index in [1.165, 1.54) is 11.8 Å². The van der Waals surface area contributed by atoms with E-state index in [4.69, 9.17) is 16.3 Å². The molecule has 172 valence electrons. The zero-order chi connectivity index (χ0) is 24.2. The third kappa shape index (κ3) is 5.22. The van der Waals surface area contributed by atoms with Crippen molar-refractivity contribution >= 4 is 67.5 Å². The summed E-state index contributed by atoms with van der Waals surface area (Å²) in [6.07, 6.45) is 0. The first-order valence-corrected chi connectivity index (χ1v) is 11.2. The second-order valence-electron chi connectivity index (χ2n) is 7.16. The molecule has 0 atom stereocenters. The van der Waals surface area contributed by atoms with Crippen LogP contribution in [0.5, 0.6) is 5.75 Å². The number of anilines is 2. The maximum atomic E-state index is 13.1. The zero-order valence-electron chi connectivity index (χ0n) is 17.8. The minimum absolute atomic E-state index is 0.124. The summed E-state index contributed by atoms with van der Waals surface area (Å²) in [5, 5.41) is 6.41. The maximum absolute atomic E-state index is 13.1. The highest BCUT2D eigenvalue weighted by Crippen LogP contribution is 2.24. The third-order valence-corrected chi connectivity index (χ3v) is 5.57. The van der Waals surface area contributed by atoms with Gasteiger partial charge in [0.25, 0.3) is 5.91 Å². The van der Waals surface area contributed by atoms with E-state index in [1.807, 2.05) is 0 Å². The molecule has 0 spiro atoms. The molecule has 3 N–H and O–H groups in total. The molecule has 0 aliphatic rings. The molecule has 3 aromatic carbocycles. The number of benzene rings is 3. The van der Waals surface area contributed by atoms with Crippen LogP contribution >= 0.6 is 27.5 Å². The van der Waals surface area contributed by atoms with Gasteiger partial charge in [0.1, 0.15) is 11.4 Å². The summed E-state index contributed by atoms with van der Waals surface area (Å²) in [6, 6.07) is 20.1. The molecule has 34 heavy (non-hydrogen) atoms. The highest BCUT2D eigenvalue weighted by atomic mass is 79.9. The van der Waals surface area contributed by atoms with Gasteiger partial charge in [-0.25, -0.2) is 4.68 Å². The Kier molecular flexibility index (Phi) is 6.85. The van der Waals surface area contributed by atoms with Gasteiger partial charge in [0.05, 0.1) is 12.6 Å². The molecule has 0 bridgehead atoms. The number of aromatic nitrogens is 1. The number of carbonyl (C=O) groups excluding carboxylic acids is 3. The number of halogens is 2. The third-order valence-electron chi connectivity index (χ3n) is 4.85. The van der Waals surface area contributed by atoms with Crippen molar-refractivity contribution in [3.63, 3.8) is 0 Å². The van der Waals surface area contributed by atoms with Crippen molar-refractivity contribution < 1.29 is 19.1 Å². The van der Waals surface area contributed by atoms with Gasteiger partial charge in [0.2, 0.25) is 0 Å². The first kappa shape index (κ1) is 23.3. The van der Waals surface area contributed by atoms with Crippen LogP contribution in [-0.4, -0.2) is 29.5 Å². The van der Waals surface area contributed by atoms with E-state index in [9.17, 15) is 14.4 Å². The lowest BCUT2D eigenvalue weighted by atomic mass is 10.2. The van der Waals surface area contributed by atoms with Gasteiger partial charge in [-0.2, -0.15) is 0 Å². The number of ether oxygens (including phenoxy) is 1. The summed E-state index contributed by atoms with van der Waals surface area (Å²) < 4.78 is 7.15. The molecule has 1 heterocycles. The lowest BCUT2D eigenvalue weighted by molar-refractivity contribution is -0.133. The number of hydrogen-bond donors (Lipinski definition) is 3. The number of hydrogen-bond acceptors (Lipinski definition) is 4. The van der Waals surface area contributed by atoms with Crippen molar-refractivity contribution in [2.75, 3.05) is 23.2 Å². The molecular weight excluding hydrogens is 524 g/mol. The van der Waals surface area contributed by atoms with E-state index in [-0.39, 0.29) is 5.69 Å². The summed E-state index contributed by atoms with van der Waals surface area (Å²) in [4.78, 5) is 38.3. The smallest absolute Gasteiger partial charge is 0.328 e. The fourth-order valence-corrected chi connectivity index (χ4v) is 3.82. The lowest BCUT2D eigenvalue weighted by Crippen LogP contribution is -2.36. The van der Waals surface area contributed by atoms with Gasteiger partial charge >= 0.3 is 11.8 Å². The minimum atomic E-state index is -0.951. The Balaban J connectivity index is 1.60. The Hall–Kier alpha value is -3.82. The molecule has 0 fully saturated rings. The van der Waals surface area contributed by atoms with Crippen LogP contribution in [0.2, 0.25) is 5.02 Å². The standard InChI is InChI=1S/C24H18BrClN4O4/c1-34-19-8-6-17(7-9-19)27-23(32)24(33)29-30-20-10-5-15(25)11-14(20)12-21(30)22(31)28-18-4-2-3-16(26)13-18/h2-13H,1H3,(H,27,32)(H,28,31)(H,29,33). The molecule has 8 nitrogen and oxygen atoms in total. The molecule has 0 aliphatic carbocycles. The van der Waals surface area contributed by atoms with E-state index in [1.54, 1.807) is 72.8 Å². The normalized spacial score (nSPS) is 10.6. The number of amides is 3. The highest BCUT2D eigenvalue weighted by Gasteiger charge is 2.21. The van der Waals surface area contributed by atoms with Gasteiger partial charge < -0.3 is 15.4 Å².